The molecule has 0 aliphatic heterocycles. The molecular weight excluding hydrogens is 378 g/mol. The van der Waals surface area contributed by atoms with Crippen LogP contribution in [0.15, 0.2) is 33.5 Å². The molecule has 3 N–H and O–H groups in total. The number of hydrogen-bond acceptors (Lipinski definition) is 4. The summed E-state index contributed by atoms with van der Waals surface area (Å²) in [7, 11) is -3.45. The third kappa shape index (κ3) is 7.72. The molecule has 2 amide bonds. The van der Waals surface area contributed by atoms with Crippen molar-refractivity contribution in [3.8, 4) is 0 Å². The minimum atomic E-state index is -3.45. The molecule has 0 saturated heterocycles. The van der Waals surface area contributed by atoms with Gasteiger partial charge in [0.2, 0.25) is 0 Å². The van der Waals surface area contributed by atoms with Gasteiger partial charge in [0.15, 0.2) is 0 Å². The number of amides is 2. The summed E-state index contributed by atoms with van der Waals surface area (Å²) < 4.78 is 21.4. The molecule has 0 fully saturated rings. The van der Waals surface area contributed by atoms with Gasteiger partial charge in [0.25, 0.3) is 5.91 Å². The average molecular weight is 404 g/mol. The second-order valence-corrected chi connectivity index (χ2v) is 9.51. The fraction of sp³-hybridized carbons (Fsp3) is 0.529. The summed E-state index contributed by atoms with van der Waals surface area (Å²) >= 11 is 5.79. The third-order valence-corrected chi connectivity index (χ3v) is 4.72. The van der Waals surface area contributed by atoms with Crippen LogP contribution in [0.3, 0.4) is 0 Å². The van der Waals surface area contributed by atoms with E-state index in [1.807, 2.05) is 13.8 Å². The third-order valence-electron chi connectivity index (χ3n) is 3.07. The Morgan fingerprint density at radius 3 is 2.27 bits per heavy atom. The summed E-state index contributed by atoms with van der Waals surface area (Å²) in [4.78, 5) is 24.7. The Bertz CT molecular complexity index is 763. The summed E-state index contributed by atoms with van der Waals surface area (Å²) in [5, 5.41) is 8.67. The summed E-state index contributed by atoms with van der Waals surface area (Å²) in [5.41, 5.74) is -0.711. The molecule has 26 heavy (non-hydrogen) atoms. The van der Waals surface area contributed by atoms with Crippen LogP contribution in [-0.2, 0) is 19.4 Å². The number of nitrogens with zero attached hydrogens (tertiary/aromatic N) is 1. The van der Waals surface area contributed by atoms with E-state index in [-0.39, 0.29) is 10.8 Å². The van der Waals surface area contributed by atoms with Gasteiger partial charge in [-0.15, -0.1) is 4.36 Å². The van der Waals surface area contributed by atoms with Crippen molar-refractivity contribution in [2.45, 2.75) is 57.6 Å². The zero-order valence-electron chi connectivity index (χ0n) is 15.6. The summed E-state index contributed by atoms with van der Waals surface area (Å²) in [6.07, 6.45) is -0.445. The lowest BCUT2D eigenvalue weighted by Gasteiger charge is -2.23. The van der Waals surface area contributed by atoms with Crippen LogP contribution in [0.2, 0.25) is 5.02 Å². The molecule has 146 valence electrons. The van der Waals surface area contributed by atoms with E-state index in [0.29, 0.717) is 11.4 Å². The summed E-state index contributed by atoms with van der Waals surface area (Å²) in [6.45, 7) is 8.91. The zero-order chi connectivity index (χ0) is 20.1. The fourth-order valence-electron chi connectivity index (χ4n) is 2.02. The van der Waals surface area contributed by atoms with E-state index < -0.39 is 33.6 Å². The largest absolute Gasteiger partial charge is 0.444 e. The molecule has 0 aliphatic rings. The van der Waals surface area contributed by atoms with Crippen LogP contribution >= 0.6 is 11.6 Å². The molecule has 7 nitrogen and oxygen atoms in total. The van der Waals surface area contributed by atoms with Gasteiger partial charge in [-0.2, -0.15) is 0 Å². The van der Waals surface area contributed by atoms with Crippen molar-refractivity contribution in [3.05, 3.63) is 29.3 Å². The lowest BCUT2D eigenvalue weighted by Crippen LogP contribution is -2.44. The van der Waals surface area contributed by atoms with Crippen molar-refractivity contribution in [2.75, 3.05) is 0 Å². The second kappa shape index (κ2) is 8.83. The number of hydrogen-bond donors (Lipinski definition) is 2. The topological polar surface area (TPSA) is 111 Å². The molecule has 1 unspecified atom stereocenters. The highest BCUT2D eigenvalue weighted by atomic mass is 35.5. The monoisotopic (exact) mass is 403 g/mol. The number of nitrogens with two attached hydrogens (primary N) is 1. The lowest BCUT2D eigenvalue weighted by atomic mass is 10.0. The Labute approximate surface area is 159 Å². The fourth-order valence-corrected chi connectivity index (χ4v) is 3.17. The smallest absolute Gasteiger partial charge is 0.408 e. The van der Waals surface area contributed by atoms with Gasteiger partial charge >= 0.3 is 6.09 Å². The highest BCUT2D eigenvalue weighted by molar-refractivity contribution is 7.91. The van der Waals surface area contributed by atoms with Gasteiger partial charge in [-0.25, -0.2) is 14.1 Å². The highest BCUT2D eigenvalue weighted by Crippen LogP contribution is 2.16. The van der Waals surface area contributed by atoms with E-state index >= 15 is 0 Å². The Balaban J connectivity index is 3.06. The molecule has 0 spiro atoms. The molecule has 0 heterocycles. The van der Waals surface area contributed by atoms with Crippen LogP contribution in [0, 0.1) is 5.92 Å². The van der Waals surface area contributed by atoms with Gasteiger partial charge in [-0.3, -0.25) is 4.79 Å². The van der Waals surface area contributed by atoms with E-state index in [1.165, 1.54) is 24.3 Å². The van der Waals surface area contributed by atoms with Crippen LogP contribution in [0.5, 0.6) is 0 Å². The number of halogens is 1. The Morgan fingerprint density at radius 2 is 1.81 bits per heavy atom. The summed E-state index contributed by atoms with van der Waals surface area (Å²) in [6, 6.07) is 4.92. The molecule has 1 rings (SSSR count). The minimum Gasteiger partial charge on any atom is -0.444 e. The van der Waals surface area contributed by atoms with Gasteiger partial charge in [0.05, 0.1) is 4.90 Å². The number of rotatable bonds is 5. The molecule has 0 bridgehead atoms. The molecule has 0 saturated carbocycles. The average Bonchev–Trinajstić information content (AvgIpc) is 2.44. The Kier molecular flexibility index (Phi) is 7.61. The molecule has 0 radical (unpaired) electrons. The van der Waals surface area contributed by atoms with Crippen molar-refractivity contribution in [3.63, 3.8) is 0 Å². The number of carbonyl (C=O) groups is 2. The van der Waals surface area contributed by atoms with Gasteiger partial charge in [-0.1, -0.05) is 25.4 Å². The summed E-state index contributed by atoms with van der Waals surface area (Å²) in [5.74, 6) is -0.689. The van der Waals surface area contributed by atoms with Crippen molar-refractivity contribution in [1.29, 1.82) is 0 Å². The number of benzene rings is 1. The molecule has 1 aromatic rings. The number of carbonyl (C=O) groups excluding carboxylic acids is 2. The first-order chi connectivity index (χ1) is 11.8. The quantitative estimate of drug-likeness (QED) is 0.783. The van der Waals surface area contributed by atoms with E-state index in [4.69, 9.17) is 21.5 Å². The number of ether oxygens (including phenoxy) is 1. The molecule has 0 aromatic heterocycles. The van der Waals surface area contributed by atoms with Crippen molar-refractivity contribution in [1.82, 2.24) is 5.32 Å². The first-order valence-electron chi connectivity index (χ1n) is 8.14. The first-order valence-corrected chi connectivity index (χ1v) is 10.1. The lowest BCUT2D eigenvalue weighted by molar-refractivity contribution is -0.120. The maximum Gasteiger partial charge on any atom is 0.408 e. The predicted molar refractivity (Wildman–Crippen MR) is 102 cm³/mol. The molecular formula is C17H26ClN3O4S. The predicted octanol–water partition coefficient (Wildman–Crippen LogP) is 3.51. The minimum absolute atomic E-state index is 0.0819. The van der Waals surface area contributed by atoms with Crippen molar-refractivity contribution < 1.29 is 18.5 Å². The first kappa shape index (κ1) is 22.4. The molecule has 0 aliphatic carbocycles. The second-order valence-electron chi connectivity index (χ2n) is 7.28. The van der Waals surface area contributed by atoms with E-state index in [0.717, 1.165) is 0 Å². The normalized spacial score (nSPS) is 15.1. The Morgan fingerprint density at radius 1 is 1.27 bits per heavy atom. The standard InChI is InChI=1S/C17H26ClN3O4S/c1-11(2)10-14(20-16(23)25-17(3,4)5)15(22)21-26(19,24)13-8-6-12(18)7-9-13/h6-9,11,14H,10H2,1-5H3,(H,20,23)(H2,19,21,22,24)/t14-,26?/m0/s1. The van der Waals surface area contributed by atoms with Gasteiger partial charge in [-0.05, 0) is 57.4 Å². The molecule has 2 atom stereocenters. The SMILES string of the molecule is CC(C)C[C@H](NC(=O)OC(C)(C)C)C(=O)N=S(N)(=O)c1ccc(Cl)cc1. The van der Waals surface area contributed by atoms with Crippen LogP contribution in [0.1, 0.15) is 41.0 Å². The van der Waals surface area contributed by atoms with Gasteiger partial charge < -0.3 is 10.1 Å². The van der Waals surface area contributed by atoms with E-state index in [2.05, 4.69) is 9.68 Å². The maximum absolute atomic E-state index is 12.6. The van der Waals surface area contributed by atoms with E-state index in [9.17, 15) is 13.8 Å². The number of nitrogens with one attached hydrogen (secondary N) is 1. The van der Waals surface area contributed by atoms with E-state index in [1.54, 1.807) is 20.8 Å². The Hall–Kier alpha value is -1.64. The molecule has 1 aromatic carbocycles. The maximum atomic E-state index is 12.6. The molecule has 9 heteroatoms. The highest BCUT2D eigenvalue weighted by Gasteiger charge is 2.26. The van der Waals surface area contributed by atoms with Crippen LogP contribution < -0.4 is 10.5 Å². The van der Waals surface area contributed by atoms with Crippen molar-refractivity contribution in [2.24, 2.45) is 15.4 Å². The number of alkyl carbamates (subject to hydrolysis) is 1. The zero-order valence-corrected chi connectivity index (χ0v) is 17.2. The van der Waals surface area contributed by atoms with Gasteiger partial charge in [0, 0.05) is 5.02 Å². The van der Waals surface area contributed by atoms with Crippen molar-refractivity contribution >= 4 is 33.5 Å². The van der Waals surface area contributed by atoms with Crippen LogP contribution in [0.25, 0.3) is 0 Å². The van der Waals surface area contributed by atoms with Gasteiger partial charge in [0.1, 0.15) is 21.6 Å². The van der Waals surface area contributed by atoms with Crippen LogP contribution in [0.4, 0.5) is 4.79 Å². The van der Waals surface area contributed by atoms with Crippen LogP contribution in [-0.4, -0.2) is 27.9 Å².